The molecule has 110 valence electrons. The third-order valence-electron chi connectivity index (χ3n) is 3.73. The van der Waals surface area contributed by atoms with Gasteiger partial charge >= 0.3 is 0 Å². The van der Waals surface area contributed by atoms with Crippen LogP contribution in [0.2, 0.25) is 0 Å². The number of halogens is 1. The first-order valence-corrected chi connectivity index (χ1v) is 6.81. The molecule has 0 bridgehead atoms. The number of fused-ring (bicyclic) bond motifs is 1. The van der Waals surface area contributed by atoms with Gasteiger partial charge in [-0.25, -0.2) is 4.39 Å². The first-order chi connectivity index (χ1) is 9.95. The summed E-state index contributed by atoms with van der Waals surface area (Å²) < 4.78 is 15.4. The van der Waals surface area contributed by atoms with Crippen LogP contribution in [-0.4, -0.2) is 34.2 Å². The highest BCUT2D eigenvalue weighted by Gasteiger charge is 2.26. The van der Waals surface area contributed by atoms with Gasteiger partial charge in [0.05, 0.1) is 17.8 Å². The first kappa shape index (κ1) is 13.8. The summed E-state index contributed by atoms with van der Waals surface area (Å²) in [5.74, 6) is -0.869. The monoisotopic (exact) mass is 288 g/mol. The van der Waals surface area contributed by atoms with E-state index in [-0.39, 0.29) is 5.82 Å². The Morgan fingerprint density at radius 1 is 1.33 bits per heavy atom. The van der Waals surface area contributed by atoms with Gasteiger partial charge in [-0.1, -0.05) is 0 Å². The lowest BCUT2D eigenvalue weighted by Crippen LogP contribution is -2.32. The predicted octanol–water partition coefficient (Wildman–Crippen LogP) is 1.54. The van der Waals surface area contributed by atoms with E-state index in [1.165, 1.54) is 12.1 Å². The number of nitrogens with zero attached hydrogens (tertiary/aromatic N) is 3. The lowest BCUT2D eigenvalue weighted by atomic mass is 10.0. The van der Waals surface area contributed by atoms with E-state index >= 15 is 0 Å². The molecule has 0 fully saturated rings. The fraction of sp³-hybridized carbons (Fsp3) is 0.333. The molecule has 1 aromatic heterocycles. The van der Waals surface area contributed by atoms with Crippen molar-refractivity contribution in [3.63, 3.8) is 0 Å². The van der Waals surface area contributed by atoms with Crippen LogP contribution in [-0.2, 0) is 13.1 Å². The molecule has 3 rings (SSSR count). The van der Waals surface area contributed by atoms with E-state index in [1.54, 1.807) is 11.6 Å². The van der Waals surface area contributed by atoms with E-state index in [9.17, 15) is 9.18 Å². The van der Waals surface area contributed by atoms with Crippen LogP contribution >= 0.6 is 0 Å². The Hall–Kier alpha value is -2.21. The van der Waals surface area contributed by atoms with Gasteiger partial charge in [0.25, 0.3) is 5.91 Å². The predicted molar refractivity (Wildman–Crippen MR) is 77.2 cm³/mol. The molecule has 0 radical (unpaired) electrons. The first-order valence-electron chi connectivity index (χ1n) is 6.81. The Morgan fingerprint density at radius 2 is 2.10 bits per heavy atom. The molecule has 1 aromatic carbocycles. The van der Waals surface area contributed by atoms with Crippen molar-refractivity contribution in [3.8, 4) is 11.3 Å². The molecule has 6 heteroatoms. The summed E-state index contributed by atoms with van der Waals surface area (Å²) in [7, 11) is 1.98. The number of hydrogen-bond acceptors (Lipinski definition) is 3. The van der Waals surface area contributed by atoms with Gasteiger partial charge in [-0.3, -0.25) is 14.4 Å². The van der Waals surface area contributed by atoms with E-state index in [0.29, 0.717) is 29.9 Å². The van der Waals surface area contributed by atoms with Crippen LogP contribution in [0.5, 0.6) is 0 Å². The van der Waals surface area contributed by atoms with Gasteiger partial charge in [0.2, 0.25) is 0 Å². The minimum absolute atomic E-state index is 0.344. The third-order valence-corrected chi connectivity index (χ3v) is 3.73. The second kappa shape index (κ2) is 4.96. The molecule has 0 spiro atoms. The summed E-state index contributed by atoms with van der Waals surface area (Å²) in [6.45, 7) is 3.97. The second-order valence-corrected chi connectivity index (χ2v) is 5.51. The highest BCUT2D eigenvalue weighted by molar-refractivity contribution is 6.00. The standard InChI is InChI=1S/C15H17FN4O/c1-9-5-10(7-11(16)6-9)14-13(15(17)21)12-8-19(2)3-4-20(12)18-14/h5-7H,3-4,8H2,1-2H3,(H2,17,21). The molecule has 1 amide bonds. The van der Waals surface area contributed by atoms with E-state index in [2.05, 4.69) is 10.00 Å². The van der Waals surface area contributed by atoms with Crippen LogP contribution in [0.1, 0.15) is 21.6 Å². The Balaban J connectivity index is 2.21. The number of amides is 1. The van der Waals surface area contributed by atoms with Gasteiger partial charge < -0.3 is 5.73 Å². The van der Waals surface area contributed by atoms with Crippen molar-refractivity contribution >= 4 is 5.91 Å². The van der Waals surface area contributed by atoms with Crippen molar-refractivity contribution in [2.24, 2.45) is 5.73 Å². The largest absolute Gasteiger partial charge is 0.365 e. The Kier molecular flexibility index (Phi) is 3.25. The van der Waals surface area contributed by atoms with Gasteiger partial charge in [-0.15, -0.1) is 0 Å². The van der Waals surface area contributed by atoms with Crippen LogP contribution in [0.3, 0.4) is 0 Å². The number of hydrogen-bond donors (Lipinski definition) is 1. The maximum Gasteiger partial charge on any atom is 0.252 e. The molecule has 0 atom stereocenters. The molecule has 2 aromatic rings. The Morgan fingerprint density at radius 3 is 2.76 bits per heavy atom. The molecular weight excluding hydrogens is 271 g/mol. The summed E-state index contributed by atoms with van der Waals surface area (Å²) in [5.41, 5.74) is 8.57. The third kappa shape index (κ3) is 2.42. The average molecular weight is 288 g/mol. The van der Waals surface area contributed by atoms with Gasteiger partial charge in [0.15, 0.2) is 0 Å². The van der Waals surface area contributed by atoms with E-state index < -0.39 is 5.91 Å². The van der Waals surface area contributed by atoms with Crippen molar-refractivity contribution < 1.29 is 9.18 Å². The minimum atomic E-state index is -0.525. The van der Waals surface area contributed by atoms with E-state index in [0.717, 1.165) is 17.8 Å². The van der Waals surface area contributed by atoms with Crippen LogP contribution in [0.4, 0.5) is 4.39 Å². The SMILES string of the molecule is Cc1cc(F)cc(-c2nn3c(c2C(N)=O)CN(C)CC3)c1. The fourth-order valence-corrected chi connectivity index (χ4v) is 2.78. The van der Waals surface area contributed by atoms with E-state index in [4.69, 9.17) is 5.73 Å². The van der Waals surface area contributed by atoms with Gasteiger partial charge in [-0.2, -0.15) is 5.10 Å². The summed E-state index contributed by atoms with van der Waals surface area (Å²) in [5, 5.41) is 4.48. The average Bonchev–Trinajstić information content (AvgIpc) is 2.76. The molecule has 5 nitrogen and oxygen atoms in total. The number of aromatic nitrogens is 2. The smallest absolute Gasteiger partial charge is 0.252 e. The molecule has 1 aliphatic heterocycles. The van der Waals surface area contributed by atoms with Crippen molar-refractivity contribution in [1.82, 2.24) is 14.7 Å². The summed E-state index contributed by atoms with van der Waals surface area (Å²) in [6.07, 6.45) is 0. The number of primary amides is 1. The van der Waals surface area contributed by atoms with Crippen LogP contribution in [0.25, 0.3) is 11.3 Å². The topological polar surface area (TPSA) is 64.2 Å². The highest BCUT2D eigenvalue weighted by Crippen LogP contribution is 2.29. The maximum atomic E-state index is 13.6. The van der Waals surface area contributed by atoms with Gasteiger partial charge in [-0.05, 0) is 37.7 Å². The van der Waals surface area contributed by atoms with Crippen molar-refractivity contribution in [1.29, 1.82) is 0 Å². The maximum absolute atomic E-state index is 13.6. The van der Waals surface area contributed by atoms with Crippen molar-refractivity contribution in [3.05, 3.63) is 40.8 Å². The normalized spacial score (nSPS) is 15.0. The zero-order valence-corrected chi connectivity index (χ0v) is 12.1. The lowest BCUT2D eigenvalue weighted by molar-refractivity contribution is 0.0998. The Labute approximate surface area is 122 Å². The van der Waals surface area contributed by atoms with Crippen LogP contribution in [0, 0.1) is 12.7 Å². The fourth-order valence-electron chi connectivity index (χ4n) is 2.78. The molecule has 0 saturated heterocycles. The number of rotatable bonds is 2. The molecule has 21 heavy (non-hydrogen) atoms. The van der Waals surface area contributed by atoms with Gasteiger partial charge in [0.1, 0.15) is 11.5 Å². The molecule has 0 unspecified atom stereocenters. The summed E-state index contributed by atoms with van der Waals surface area (Å²) in [6, 6.07) is 4.64. The van der Waals surface area contributed by atoms with Crippen LogP contribution in [0.15, 0.2) is 18.2 Å². The number of carbonyl (C=O) groups excluding carboxylic acids is 1. The number of likely N-dealkylation sites (N-methyl/N-ethyl adjacent to an activating group) is 1. The molecule has 2 heterocycles. The molecule has 1 aliphatic rings. The van der Waals surface area contributed by atoms with Crippen LogP contribution < -0.4 is 5.73 Å². The number of carbonyl (C=O) groups is 1. The highest BCUT2D eigenvalue weighted by atomic mass is 19.1. The summed E-state index contributed by atoms with van der Waals surface area (Å²) >= 11 is 0. The van der Waals surface area contributed by atoms with Gasteiger partial charge in [0, 0.05) is 18.7 Å². The minimum Gasteiger partial charge on any atom is -0.365 e. The molecule has 0 saturated carbocycles. The number of nitrogens with two attached hydrogens (primary N) is 1. The Bertz CT molecular complexity index is 702. The molecule has 2 N–H and O–H groups in total. The molecule has 0 aliphatic carbocycles. The number of aryl methyl sites for hydroxylation is 1. The number of benzene rings is 1. The summed E-state index contributed by atoms with van der Waals surface area (Å²) in [4.78, 5) is 14.0. The lowest BCUT2D eigenvalue weighted by Gasteiger charge is -2.23. The molecular formula is C15H17FN4O. The second-order valence-electron chi connectivity index (χ2n) is 5.51. The van der Waals surface area contributed by atoms with Crippen molar-refractivity contribution in [2.45, 2.75) is 20.0 Å². The zero-order valence-electron chi connectivity index (χ0n) is 12.1. The van der Waals surface area contributed by atoms with E-state index in [1.807, 2.05) is 13.1 Å². The quantitative estimate of drug-likeness (QED) is 0.911. The van der Waals surface area contributed by atoms with Crippen molar-refractivity contribution in [2.75, 3.05) is 13.6 Å². The zero-order chi connectivity index (χ0) is 15.1.